The second kappa shape index (κ2) is 4.82. The lowest BCUT2D eigenvalue weighted by atomic mass is 10.2. The van der Waals surface area contributed by atoms with Crippen LogP contribution in [0, 0.1) is 24.1 Å². The van der Waals surface area contributed by atoms with Gasteiger partial charge in [-0.15, -0.1) is 0 Å². The highest BCUT2D eigenvalue weighted by Gasteiger charge is 2.11. The third-order valence-corrected chi connectivity index (χ3v) is 3.66. The van der Waals surface area contributed by atoms with E-state index in [2.05, 4.69) is 31.7 Å². The molecule has 2 rings (SSSR count). The average Bonchev–Trinajstić information content (AvgIpc) is 2.63. The standard InChI is InChI=1S/C11H7BrFN3S/c1-6-8(5-14)11(17-16-6)15-10-3-2-7(13)4-9(10)12/h2-4,15H,1H3. The maximum atomic E-state index is 12.9. The van der Waals surface area contributed by atoms with Gasteiger partial charge in [0.05, 0.1) is 11.4 Å². The summed E-state index contributed by atoms with van der Waals surface area (Å²) in [6.07, 6.45) is 0. The van der Waals surface area contributed by atoms with Gasteiger partial charge in [-0.1, -0.05) is 0 Å². The van der Waals surface area contributed by atoms with Crippen LogP contribution in [0.4, 0.5) is 15.1 Å². The molecule has 0 atom stereocenters. The quantitative estimate of drug-likeness (QED) is 0.913. The number of aromatic nitrogens is 1. The van der Waals surface area contributed by atoms with Crippen molar-refractivity contribution in [3.05, 3.63) is 39.7 Å². The third kappa shape index (κ3) is 2.46. The Morgan fingerprint density at radius 3 is 2.94 bits per heavy atom. The number of rotatable bonds is 2. The van der Waals surface area contributed by atoms with Gasteiger partial charge in [-0.2, -0.15) is 9.64 Å². The normalized spacial score (nSPS) is 10.0. The molecular formula is C11H7BrFN3S. The summed E-state index contributed by atoms with van der Waals surface area (Å²) in [5.41, 5.74) is 1.91. The molecule has 0 aliphatic rings. The maximum Gasteiger partial charge on any atom is 0.132 e. The molecule has 0 bridgehead atoms. The summed E-state index contributed by atoms with van der Waals surface area (Å²) in [6.45, 7) is 1.78. The Kier molecular flexibility index (Phi) is 3.41. The van der Waals surface area contributed by atoms with Crippen molar-refractivity contribution in [3.63, 3.8) is 0 Å². The Labute approximate surface area is 110 Å². The molecule has 86 valence electrons. The van der Waals surface area contributed by atoms with E-state index in [4.69, 9.17) is 5.26 Å². The highest BCUT2D eigenvalue weighted by atomic mass is 79.9. The Morgan fingerprint density at radius 2 is 2.29 bits per heavy atom. The van der Waals surface area contributed by atoms with Gasteiger partial charge in [0.2, 0.25) is 0 Å². The van der Waals surface area contributed by atoms with Gasteiger partial charge >= 0.3 is 0 Å². The molecule has 1 N–H and O–H groups in total. The van der Waals surface area contributed by atoms with Crippen molar-refractivity contribution in [3.8, 4) is 6.07 Å². The van der Waals surface area contributed by atoms with Gasteiger partial charge in [0, 0.05) is 4.47 Å². The van der Waals surface area contributed by atoms with E-state index in [1.165, 1.54) is 23.7 Å². The van der Waals surface area contributed by atoms with Crippen LogP contribution in [0.5, 0.6) is 0 Å². The van der Waals surface area contributed by atoms with Crippen molar-refractivity contribution >= 4 is 38.2 Å². The van der Waals surface area contributed by atoms with Crippen LogP contribution in [0.25, 0.3) is 0 Å². The second-order valence-corrected chi connectivity index (χ2v) is 4.96. The predicted molar refractivity (Wildman–Crippen MR) is 68.9 cm³/mol. The van der Waals surface area contributed by atoms with Crippen molar-refractivity contribution in [1.29, 1.82) is 5.26 Å². The van der Waals surface area contributed by atoms with Crippen LogP contribution in [0.2, 0.25) is 0 Å². The van der Waals surface area contributed by atoms with Crippen molar-refractivity contribution in [1.82, 2.24) is 4.37 Å². The first-order valence-corrected chi connectivity index (χ1v) is 6.27. The van der Waals surface area contributed by atoms with E-state index < -0.39 is 0 Å². The molecule has 2 aromatic rings. The maximum absolute atomic E-state index is 12.9. The molecule has 0 fully saturated rings. The zero-order valence-electron chi connectivity index (χ0n) is 8.79. The Bertz CT molecular complexity index is 603. The molecule has 1 aromatic heterocycles. The molecular weight excluding hydrogens is 305 g/mol. The molecule has 0 radical (unpaired) electrons. The Hall–Kier alpha value is -1.45. The van der Waals surface area contributed by atoms with Crippen LogP contribution in [0.1, 0.15) is 11.3 Å². The highest BCUT2D eigenvalue weighted by molar-refractivity contribution is 9.10. The fourth-order valence-corrected chi connectivity index (χ4v) is 2.51. The molecule has 0 saturated heterocycles. The molecule has 6 heteroatoms. The monoisotopic (exact) mass is 311 g/mol. The van der Waals surface area contributed by atoms with Crippen LogP contribution in [0.15, 0.2) is 22.7 Å². The van der Waals surface area contributed by atoms with E-state index in [-0.39, 0.29) is 5.82 Å². The third-order valence-electron chi connectivity index (χ3n) is 2.15. The number of benzene rings is 1. The van der Waals surface area contributed by atoms with E-state index in [1.807, 2.05) is 0 Å². The van der Waals surface area contributed by atoms with Crippen molar-refractivity contribution in [2.24, 2.45) is 0 Å². The smallest absolute Gasteiger partial charge is 0.132 e. The Balaban J connectivity index is 2.35. The van der Waals surface area contributed by atoms with Crippen LogP contribution >= 0.6 is 27.5 Å². The van der Waals surface area contributed by atoms with E-state index in [0.717, 1.165) is 0 Å². The molecule has 1 heterocycles. The van der Waals surface area contributed by atoms with Gasteiger partial charge < -0.3 is 5.32 Å². The van der Waals surface area contributed by atoms with Crippen molar-refractivity contribution < 1.29 is 4.39 Å². The molecule has 0 amide bonds. The number of nitriles is 1. The summed E-state index contributed by atoms with van der Waals surface area (Å²) >= 11 is 4.47. The molecule has 0 unspecified atom stereocenters. The first-order valence-electron chi connectivity index (χ1n) is 4.70. The number of halogens is 2. The van der Waals surface area contributed by atoms with Crippen LogP contribution in [-0.2, 0) is 0 Å². The number of hydrogen-bond donors (Lipinski definition) is 1. The molecule has 0 saturated carbocycles. The van der Waals surface area contributed by atoms with Crippen molar-refractivity contribution in [2.75, 3.05) is 5.32 Å². The number of nitrogens with zero attached hydrogens (tertiary/aromatic N) is 2. The highest BCUT2D eigenvalue weighted by Crippen LogP contribution is 2.31. The van der Waals surface area contributed by atoms with Gasteiger partial charge in [-0.25, -0.2) is 4.39 Å². The summed E-state index contributed by atoms with van der Waals surface area (Å²) in [5.74, 6) is -0.316. The van der Waals surface area contributed by atoms with Gasteiger partial charge in [-0.05, 0) is 52.6 Å². The summed E-state index contributed by atoms with van der Waals surface area (Å²) in [6, 6.07) is 6.42. The molecule has 3 nitrogen and oxygen atoms in total. The molecule has 1 aromatic carbocycles. The minimum atomic E-state index is -0.316. The minimum absolute atomic E-state index is 0.316. The van der Waals surface area contributed by atoms with E-state index in [9.17, 15) is 4.39 Å². The van der Waals surface area contributed by atoms with Crippen LogP contribution in [-0.4, -0.2) is 4.37 Å². The van der Waals surface area contributed by atoms with Gasteiger partial charge in [-0.3, -0.25) is 0 Å². The number of anilines is 2. The summed E-state index contributed by atoms with van der Waals surface area (Å²) in [5, 5.41) is 12.7. The van der Waals surface area contributed by atoms with Gasteiger partial charge in [0.15, 0.2) is 0 Å². The summed E-state index contributed by atoms with van der Waals surface area (Å²) in [7, 11) is 0. The SMILES string of the molecule is Cc1nsc(Nc2ccc(F)cc2Br)c1C#N. The lowest BCUT2D eigenvalue weighted by Gasteiger charge is -2.06. The molecule has 0 spiro atoms. The molecule has 0 aliphatic carbocycles. The zero-order valence-corrected chi connectivity index (χ0v) is 11.2. The van der Waals surface area contributed by atoms with Crippen molar-refractivity contribution in [2.45, 2.75) is 6.92 Å². The lowest BCUT2D eigenvalue weighted by Crippen LogP contribution is -1.92. The first-order chi connectivity index (χ1) is 8.11. The van der Waals surface area contributed by atoms with Gasteiger partial charge in [0.1, 0.15) is 22.5 Å². The first kappa shape index (κ1) is 12.0. The topological polar surface area (TPSA) is 48.7 Å². The Morgan fingerprint density at radius 1 is 1.53 bits per heavy atom. The number of nitrogens with one attached hydrogen (secondary N) is 1. The van der Waals surface area contributed by atoms with Crippen LogP contribution < -0.4 is 5.32 Å². The minimum Gasteiger partial charge on any atom is -0.344 e. The molecule has 17 heavy (non-hydrogen) atoms. The van der Waals surface area contributed by atoms with E-state index >= 15 is 0 Å². The fourth-order valence-electron chi connectivity index (χ4n) is 1.30. The fraction of sp³-hybridized carbons (Fsp3) is 0.0909. The second-order valence-electron chi connectivity index (χ2n) is 3.33. The largest absolute Gasteiger partial charge is 0.344 e. The van der Waals surface area contributed by atoms with Gasteiger partial charge in [0.25, 0.3) is 0 Å². The zero-order chi connectivity index (χ0) is 12.4. The lowest BCUT2D eigenvalue weighted by molar-refractivity contribution is 0.627. The summed E-state index contributed by atoms with van der Waals surface area (Å²) < 4.78 is 17.6. The van der Waals surface area contributed by atoms with E-state index in [0.29, 0.717) is 26.4 Å². The predicted octanol–water partition coefficient (Wildman–Crippen LogP) is 3.97. The number of hydrogen-bond acceptors (Lipinski definition) is 4. The number of aryl methyl sites for hydroxylation is 1. The van der Waals surface area contributed by atoms with E-state index in [1.54, 1.807) is 13.0 Å². The average molecular weight is 312 g/mol. The molecule has 0 aliphatic heterocycles. The van der Waals surface area contributed by atoms with Crippen LogP contribution in [0.3, 0.4) is 0 Å². The summed E-state index contributed by atoms with van der Waals surface area (Å²) in [4.78, 5) is 0.